The first-order valence-electron chi connectivity index (χ1n) is 14.1. The Bertz CT molecular complexity index is 1170. The zero-order valence-electron chi connectivity index (χ0n) is 24.3. The first-order chi connectivity index (χ1) is 19.3. The van der Waals surface area contributed by atoms with Gasteiger partial charge in [0.05, 0.1) is 31.8 Å². The quantitative estimate of drug-likeness (QED) is 0.309. The van der Waals surface area contributed by atoms with Gasteiger partial charge in [-0.1, -0.05) is 18.2 Å². The lowest BCUT2D eigenvalue weighted by molar-refractivity contribution is 0.0856. The van der Waals surface area contributed by atoms with Gasteiger partial charge < -0.3 is 38.8 Å². The van der Waals surface area contributed by atoms with E-state index < -0.39 is 6.10 Å². The molecule has 5 rings (SSSR count). The van der Waals surface area contributed by atoms with E-state index >= 15 is 0 Å². The average molecular weight is 555 g/mol. The summed E-state index contributed by atoms with van der Waals surface area (Å²) in [6.45, 7) is 4.10. The number of hydrogen-bond donors (Lipinski definition) is 1. The van der Waals surface area contributed by atoms with E-state index in [0.717, 1.165) is 49.2 Å². The molecule has 40 heavy (non-hydrogen) atoms. The van der Waals surface area contributed by atoms with Crippen LogP contribution in [0.2, 0.25) is 0 Å². The van der Waals surface area contributed by atoms with Crippen molar-refractivity contribution < 1.29 is 24.1 Å². The van der Waals surface area contributed by atoms with Crippen LogP contribution in [0.1, 0.15) is 36.8 Å². The Kier molecular flexibility index (Phi) is 8.62. The molecule has 11 nitrogen and oxygen atoms in total. The van der Waals surface area contributed by atoms with E-state index in [1.54, 1.807) is 7.11 Å². The number of benzene rings is 1. The van der Waals surface area contributed by atoms with Crippen molar-refractivity contribution in [1.29, 1.82) is 0 Å². The van der Waals surface area contributed by atoms with Crippen molar-refractivity contribution in [3.05, 3.63) is 35.4 Å². The zero-order valence-corrected chi connectivity index (χ0v) is 24.3. The standard InChI is InChI=1S/C29H42N6O5/c1-33(2)13-6-16-38-27-30-26(31-28(32-27)39-17-7-14-34(3)4)35-15-12-29-11-10-21(36)18-23(29)40-25-22(37-5)9-8-20(19-35)24(25)29/h8-11,21,23,36H,6-7,12-19H2,1-5H3/t21-,23?,29?/m0/s1. The molecule has 2 aromatic rings. The summed E-state index contributed by atoms with van der Waals surface area (Å²) in [6, 6.07) is 4.60. The lowest BCUT2D eigenvalue weighted by atomic mass is 9.69. The molecule has 11 heteroatoms. The SMILES string of the molecule is COc1ccc2c3c1OC1C[C@@H](O)C=CC31CCN(c1nc(OCCCN(C)C)nc(OCCCN(C)C)n1)C2. The number of anilines is 1. The van der Waals surface area contributed by atoms with Crippen LogP contribution in [-0.4, -0.2) is 110 Å². The molecule has 3 atom stereocenters. The van der Waals surface area contributed by atoms with Crippen molar-refractivity contribution in [2.75, 3.05) is 73.0 Å². The molecule has 3 heterocycles. The van der Waals surface area contributed by atoms with E-state index in [-0.39, 0.29) is 23.5 Å². The molecule has 1 aliphatic carbocycles. The third-order valence-corrected chi connectivity index (χ3v) is 7.78. The summed E-state index contributed by atoms with van der Waals surface area (Å²) in [5, 5.41) is 10.4. The van der Waals surface area contributed by atoms with E-state index in [1.165, 1.54) is 0 Å². The molecule has 1 spiro atoms. The van der Waals surface area contributed by atoms with Crippen LogP contribution in [0.4, 0.5) is 5.95 Å². The number of hydrogen-bond acceptors (Lipinski definition) is 11. The van der Waals surface area contributed by atoms with Gasteiger partial charge in [-0.15, -0.1) is 4.98 Å². The number of ether oxygens (including phenoxy) is 4. The van der Waals surface area contributed by atoms with Gasteiger partial charge in [-0.3, -0.25) is 0 Å². The van der Waals surface area contributed by atoms with Crippen LogP contribution >= 0.6 is 0 Å². The van der Waals surface area contributed by atoms with Crippen molar-refractivity contribution >= 4 is 5.95 Å². The molecule has 2 aliphatic heterocycles. The number of aliphatic hydroxyl groups excluding tert-OH is 1. The third-order valence-electron chi connectivity index (χ3n) is 7.78. The van der Waals surface area contributed by atoms with Gasteiger partial charge in [-0.25, -0.2) is 0 Å². The molecule has 0 radical (unpaired) electrons. The van der Waals surface area contributed by atoms with Gasteiger partial charge in [0.25, 0.3) is 0 Å². The van der Waals surface area contributed by atoms with Crippen LogP contribution in [0.5, 0.6) is 23.5 Å². The number of aromatic nitrogens is 3. The molecule has 0 saturated carbocycles. The minimum Gasteiger partial charge on any atom is -0.493 e. The maximum atomic E-state index is 10.4. The summed E-state index contributed by atoms with van der Waals surface area (Å²) >= 11 is 0. The van der Waals surface area contributed by atoms with Crippen LogP contribution in [0.25, 0.3) is 0 Å². The molecule has 218 valence electrons. The molecule has 0 fully saturated rings. The van der Waals surface area contributed by atoms with Crippen molar-refractivity contribution in [1.82, 2.24) is 24.8 Å². The number of aliphatic hydroxyl groups is 1. The van der Waals surface area contributed by atoms with Gasteiger partial charge in [0.15, 0.2) is 11.5 Å². The maximum absolute atomic E-state index is 10.4. The van der Waals surface area contributed by atoms with Crippen LogP contribution in [0.15, 0.2) is 24.3 Å². The fourth-order valence-electron chi connectivity index (χ4n) is 5.79. The molecule has 0 bridgehead atoms. The largest absolute Gasteiger partial charge is 0.493 e. The molecular weight excluding hydrogens is 512 g/mol. The monoisotopic (exact) mass is 554 g/mol. The first-order valence-corrected chi connectivity index (χ1v) is 14.1. The predicted molar refractivity (Wildman–Crippen MR) is 152 cm³/mol. The van der Waals surface area contributed by atoms with E-state index in [9.17, 15) is 5.11 Å². The minimum atomic E-state index is -0.526. The van der Waals surface area contributed by atoms with Crippen molar-refractivity contribution in [2.45, 2.75) is 49.9 Å². The summed E-state index contributed by atoms with van der Waals surface area (Å²) in [5.74, 6) is 2.01. The summed E-state index contributed by atoms with van der Waals surface area (Å²) in [7, 11) is 9.82. The highest BCUT2D eigenvalue weighted by Crippen LogP contribution is 2.55. The first kappa shape index (κ1) is 28.4. The van der Waals surface area contributed by atoms with Crippen LogP contribution < -0.4 is 23.8 Å². The normalized spacial score (nSPS) is 23.1. The Morgan fingerprint density at radius 2 is 1.70 bits per heavy atom. The molecule has 2 unspecified atom stereocenters. The lowest BCUT2D eigenvalue weighted by Crippen LogP contribution is -2.43. The second-order valence-corrected chi connectivity index (χ2v) is 11.3. The third kappa shape index (κ3) is 5.96. The smallest absolute Gasteiger partial charge is 0.324 e. The molecule has 1 N–H and O–H groups in total. The van der Waals surface area contributed by atoms with E-state index in [0.29, 0.717) is 44.4 Å². The molecular formula is C29H42N6O5. The Labute approximate surface area is 236 Å². The Morgan fingerprint density at radius 3 is 2.33 bits per heavy atom. The summed E-state index contributed by atoms with van der Waals surface area (Å²) in [5.41, 5.74) is 1.91. The van der Waals surface area contributed by atoms with Crippen LogP contribution in [-0.2, 0) is 12.0 Å². The molecule has 1 aromatic carbocycles. The minimum absolute atomic E-state index is 0.165. The fraction of sp³-hybridized carbons (Fsp3) is 0.621. The summed E-state index contributed by atoms with van der Waals surface area (Å²) in [6.07, 6.45) is 6.37. The van der Waals surface area contributed by atoms with Crippen molar-refractivity contribution in [3.8, 4) is 23.5 Å². The van der Waals surface area contributed by atoms with Crippen LogP contribution in [0, 0.1) is 0 Å². The number of rotatable bonds is 12. The number of methoxy groups -OCH3 is 1. The van der Waals surface area contributed by atoms with E-state index in [2.05, 4.69) is 31.8 Å². The Hall–Kier alpha value is -3.15. The molecule has 1 aromatic heterocycles. The highest BCUT2D eigenvalue weighted by Gasteiger charge is 2.53. The highest BCUT2D eigenvalue weighted by atomic mass is 16.5. The topological polar surface area (TPSA) is 106 Å². The summed E-state index contributed by atoms with van der Waals surface area (Å²) in [4.78, 5) is 20.3. The van der Waals surface area contributed by atoms with E-state index in [1.807, 2.05) is 40.3 Å². The van der Waals surface area contributed by atoms with Crippen LogP contribution in [0.3, 0.4) is 0 Å². The highest BCUT2D eigenvalue weighted by molar-refractivity contribution is 5.62. The van der Waals surface area contributed by atoms with Crippen molar-refractivity contribution in [2.24, 2.45) is 0 Å². The van der Waals surface area contributed by atoms with Gasteiger partial charge in [0, 0.05) is 38.2 Å². The fourth-order valence-corrected chi connectivity index (χ4v) is 5.79. The predicted octanol–water partition coefficient (Wildman–Crippen LogP) is 2.27. The maximum Gasteiger partial charge on any atom is 0.324 e. The zero-order chi connectivity index (χ0) is 28.3. The van der Waals surface area contributed by atoms with Gasteiger partial charge in [-0.05, 0) is 59.1 Å². The molecule has 3 aliphatic rings. The second-order valence-electron chi connectivity index (χ2n) is 11.3. The molecule has 0 amide bonds. The van der Waals surface area contributed by atoms with E-state index in [4.69, 9.17) is 28.9 Å². The number of nitrogens with zero attached hydrogens (tertiary/aromatic N) is 6. The lowest BCUT2D eigenvalue weighted by Gasteiger charge is -2.35. The Morgan fingerprint density at radius 1 is 1.02 bits per heavy atom. The van der Waals surface area contributed by atoms with Gasteiger partial charge in [0.2, 0.25) is 5.95 Å². The summed E-state index contributed by atoms with van der Waals surface area (Å²) < 4.78 is 24.1. The van der Waals surface area contributed by atoms with Gasteiger partial charge in [0.1, 0.15) is 6.10 Å². The Balaban J connectivity index is 1.44. The van der Waals surface area contributed by atoms with Crippen molar-refractivity contribution in [3.63, 3.8) is 0 Å². The molecule has 0 saturated heterocycles. The average Bonchev–Trinajstić information content (AvgIpc) is 3.15. The van der Waals surface area contributed by atoms with Gasteiger partial charge in [-0.2, -0.15) is 9.97 Å². The second kappa shape index (κ2) is 12.2. The van der Waals surface area contributed by atoms with Gasteiger partial charge >= 0.3 is 12.0 Å².